The lowest BCUT2D eigenvalue weighted by atomic mass is 10.1. The van der Waals surface area contributed by atoms with Crippen LogP contribution in [0.1, 0.15) is 5.56 Å². The smallest absolute Gasteiger partial charge is 0.308 e. The fraction of sp³-hybridized carbons (Fsp3) is 0.188. The number of nitrogens with zero attached hydrogens (tertiary/aromatic N) is 1. The Labute approximate surface area is 120 Å². The van der Waals surface area contributed by atoms with Crippen LogP contribution in [0, 0.1) is 0 Å². The zero-order valence-corrected chi connectivity index (χ0v) is 12.0. The quantitative estimate of drug-likeness (QED) is 0.781. The average Bonchev–Trinajstić information content (AvgIpc) is 2.40. The molecule has 0 saturated heterocycles. The molecule has 0 aromatic heterocycles. The Hall–Kier alpha value is -2.33. The van der Waals surface area contributed by atoms with Crippen molar-refractivity contribution in [3.8, 4) is 0 Å². The summed E-state index contributed by atoms with van der Waals surface area (Å²) >= 11 is 0. The van der Waals surface area contributed by atoms with Crippen LogP contribution in [0.5, 0.6) is 0 Å². The van der Waals surface area contributed by atoms with E-state index in [-0.39, 0.29) is 6.03 Å². The van der Waals surface area contributed by atoms with E-state index in [1.165, 1.54) is 0 Å². The second-order valence-electron chi connectivity index (χ2n) is 4.54. The molecule has 1 aromatic carbocycles. The highest BCUT2D eigenvalue weighted by Gasteiger charge is 2.07. The second kappa shape index (κ2) is 7.96. The topological polar surface area (TPSA) is 44.4 Å². The first-order valence-electron chi connectivity index (χ1n) is 6.32. The van der Waals surface area contributed by atoms with E-state index in [0.29, 0.717) is 5.70 Å². The predicted molar refractivity (Wildman–Crippen MR) is 84.5 cm³/mol. The van der Waals surface area contributed by atoms with Crippen molar-refractivity contribution < 1.29 is 4.79 Å². The summed E-state index contributed by atoms with van der Waals surface area (Å²) in [5, 5.41) is 5.54. The molecule has 0 fully saturated rings. The van der Waals surface area contributed by atoms with Crippen LogP contribution < -0.4 is 10.6 Å². The zero-order valence-electron chi connectivity index (χ0n) is 12.0. The largest absolute Gasteiger partial charge is 0.323 e. The van der Waals surface area contributed by atoms with Crippen molar-refractivity contribution in [2.75, 3.05) is 19.4 Å². The Morgan fingerprint density at radius 2 is 2.00 bits per heavy atom. The maximum Gasteiger partial charge on any atom is 0.323 e. The summed E-state index contributed by atoms with van der Waals surface area (Å²) in [5.41, 5.74) is 2.45. The summed E-state index contributed by atoms with van der Waals surface area (Å²) in [5.74, 6) is 0. The summed E-state index contributed by atoms with van der Waals surface area (Å²) in [6.07, 6.45) is 4.84. The van der Waals surface area contributed by atoms with Gasteiger partial charge in [-0.1, -0.05) is 37.4 Å². The standard InChI is InChI=1S/C16H21N3O/c1-5-9-14(6-2)17-16(20)18-15-11-8-7-10-13(15)12-19(3)4/h5-11H,1-2,12H2,3-4H3,(H2,17,18,20). The van der Waals surface area contributed by atoms with Crippen molar-refractivity contribution >= 4 is 11.7 Å². The summed E-state index contributed by atoms with van der Waals surface area (Å²) < 4.78 is 0. The molecule has 20 heavy (non-hydrogen) atoms. The number of anilines is 1. The molecule has 0 spiro atoms. The van der Waals surface area contributed by atoms with Gasteiger partial charge in [0.1, 0.15) is 0 Å². The Kier molecular flexibility index (Phi) is 6.26. The lowest BCUT2D eigenvalue weighted by Gasteiger charge is -2.15. The van der Waals surface area contributed by atoms with E-state index in [1.807, 2.05) is 43.3 Å². The molecule has 2 amide bonds. The molecule has 2 N–H and O–H groups in total. The van der Waals surface area contributed by atoms with Gasteiger partial charge in [-0.05, 0) is 37.9 Å². The highest BCUT2D eigenvalue weighted by molar-refractivity contribution is 5.91. The number of carbonyl (C=O) groups excluding carboxylic acids is 1. The molecule has 1 aromatic rings. The first-order valence-corrected chi connectivity index (χ1v) is 6.32. The van der Waals surface area contributed by atoms with Crippen molar-refractivity contribution in [1.29, 1.82) is 0 Å². The minimum absolute atomic E-state index is 0.302. The third-order valence-corrected chi connectivity index (χ3v) is 2.53. The van der Waals surface area contributed by atoms with Crippen molar-refractivity contribution in [3.63, 3.8) is 0 Å². The maximum atomic E-state index is 11.9. The van der Waals surface area contributed by atoms with Gasteiger partial charge in [-0.2, -0.15) is 0 Å². The van der Waals surface area contributed by atoms with Gasteiger partial charge in [-0.3, -0.25) is 0 Å². The van der Waals surface area contributed by atoms with Gasteiger partial charge in [0.15, 0.2) is 0 Å². The van der Waals surface area contributed by atoms with Crippen LogP contribution in [-0.4, -0.2) is 25.0 Å². The summed E-state index contributed by atoms with van der Waals surface area (Å²) in [6.45, 7) is 7.97. The number of para-hydroxylation sites is 1. The van der Waals surface area contributed by atoms with Crippen LogP contribution >= 0.6 is 0 Å². The van der Waals surface area contributed by atoms with E-state index in [0.717, 1.165) is 17.8 Å². The number of hydrogen-bond acceptors (Lipinski definition) is 2. The van der Waals surface area contributed by atoms with Crippen molar-refractivity contribution in [2.24, 2.45) is 0 Å². The van der Waals surface area contributed by atoms with E-state index in [2.05, 4.69) is 23.8 Å². The van der Waals surface area contributed by atoms with Crippen LogP contribution in [-0.2, 0) is 6.54 Å². The van der Waals surface area contributed by atoms with Gasteiger partial charge in [0.2, 0.25) is 0 Å². The number of amides is 2. The molecule has 0 bridgehead atoms. The molecule has 0 aliphatic rings. The first-order chi connectivity index (χ1) is 9.56. The highest BCUT2D eigenvalue weighted by atomic mass is 16.2. The van der Waals surface area contributed by atoms with Gasteiger partial charge >= 0.3 is 6.03 Å². The Balaban J connectivity index is 2.77. The van der Waals surface area contributed by atoms with Crippen molar-refractivity contribution in [3.05, 3.63) is 66.9 Å². The maximum absolute atomic E-state index is 11.9. The van der Waals surface area contributed by atoms with Crippen LogP contribution in [0.4, 0.5) is 10.5 Å². The molecule has 0 atom stereocenters. The summed E-state index contributed by atoms with van der Waals surface area (Å²) in [6, 6.07) is 7.41. The number of hydrogen-bond donors (Lipinski definition) is 2. The van der Waals surface area contributed by atoms with Gasteiger partial charge in [0, 0.05) is 17.9 Å². The van der Waals surface area contributed by atoms with Crippen LogP contribution in [0.15, 0.2) is 61.3 Å². The van der Waals surface area contributed by atoms with E-state index in [1.54, 1.807) is 18.2 Å². The third kappa shape index (κ3) is 5.12. The zero-order chi connectivity index (χ0) is 15.0. The van der Waals surface area contributed by atoms with E-state index < -0.39 is 0 Å². The number of allylic oxidation sites excluding steroid dienone is 3. The van der Waals surface area contributed by atoms with Gasteiger partial charge in [0.25, 0.3) is 0 Å². The fourth-order valence-electron chi connectivity index (χ4n) is 1.69. The molecule has 0 heterocycles. The van der Waals surface area contributed by atoms with E-state index >= 15 is 0 Å². The second-order valence-corrected chi connectivity index (χ2v) is 4.54. The number of benzene rings is 1. The fourth-order valence-corrected chi connectivity index (χ4v) is 1.69. The van der Waals surface area contributed by atoms with Gasteiger partial charge in [-0.15, -0.1) is 0 Å². The number of rotatable bonds is 6. The highest BCUT2D eigenvalue weighted by Crippen LogP contribution is 2.16. The average molecular weight is 271 g/mol. The van der Waals surface area contributed by atoms with Crippen LogP contribution in [0.25, 0.3) is 0 Å². The minimum Gasteiger partial charge on any atom is -0.308 e. The van der Waals surface area contributed by atoms with Gasteiger partial charge in [-0.25, -0.2) is 4.79 Å². The molecule has 0 saturated carbocycles. The summed E-state index contributed by atoms with van der Waals surface area (Å²) in [7, 11) is 3.97. The first kappa shape index (κ1) is 15.7. The van der Waals surface area contributed by atoms with Crippen LogP contribution in [0.2, 0.25) is 0 Å². The molecular weight excluding hydrogens is 250 g/mol. The Morgan fingerprint density at radius 3 is 2.60 bits per heavy atom. The predicted octanol–water partition coefficient (Wildman–Crippen LogP) is 3.13. The summed E-state index contributed by atoms with van der Waals surface area (Å²) in [4.78, 5) is 14.0. The molecule has 1 rings (SSSR count). The van der Waals surface area contributed by atoms with Gasteiger partial charge < -0.3 is 15.5 Å². The minimum atomic E-state index is -0.302. The van der Waals surface area contributed by atoms with E-state index in [4.69, 9.17) is 0 Å². The Bertz CT molecular complexity index is 518. The molecule has 4 heteroatoms. The lowest BCUT2D eigenvalue weighted by molar-refractivity contribution is 0.254. The normalized spacial score (nSPS) is 11.1. The lowest BCUT2D eigenvalue weighted by Crippen LogP contribution is -2.28. The molecule has 106 valence electrons. The van der Waals surface area contributed by atoms with E-state index in [9.17, 15) is 4.79 Å². The number of urea groups is 1. The SMILES string of the molecule is C=CC=C(C=C)NC(=O)Nc1ccccc1CN(C)C. The molecule has 0 unspecified atom stereocenters. The van der Waals surface area contributed by atoms with Crippen LogP contribution in [0.3, 0.4) is 0 Å². The van der Waals surface area contributed by atoms with Gasteiger partial charge in [0.05, 0.1) is 0 Å². The molecule has 0 radical (unpaired) electrons. The Morgan fingerprint density at radius 1 is 1.30 bits per heavy atom. The molecule has 0 aliphatic heterocycles. The molecule has 0 aliphatic carbocycles. The molecule has 4 nitrogen and oxygen atoms in total. The number of carbonyl (C=O) groups is 1. The third-order valence-electron chi connectivity index (χ3n) is 2.53. The monoisotopic (exact) mass is 271 g/mol. The number of nitrogens with one attached hydrogen (secondary N) is 2. The molecular formula is C16H21N3O. The van der Waals surface area contributed by atoms with Crippen molar-refractivity contribution in [1.82, 2.24) is 10.2 Å². The van der Waals surface area contributed by atoms with Crippen molar-refractivity contribution in [2.45, 2.75) is 6.54 Å².